The maximum atomic E-state index is 5.66. The van der Waals surface area contributed by atoms with E-state index in [2.05, 4.69) is 53.6 Å². The second kappa shape index (κ2) is 7.70. The van der Waals surface area contributed by atoms with Crippen LogP contribution in [0.4, 0.5) is 5.69 Å². The lowest BCUT2D eigenvalue weighted by molar-refractivity contribution is 1.12. The molecule has 3 rings (SSSR count). The summed E-state index contributed by atoms with van der Waals surface area (Å²) >= 11 is 5.51. The van der Waals surface area contributed by atoms with E-state index in [1.165, 1.54) is 16.7 Å². The van der Waals surface area contributed by atoms with Crippen molar-refractivity contribution in [3.8, 4) is 11.1 Å². The van der Waals surface area contributed by atoms with Gasteiger partial charge in [-0.05, 0) is 41.3 Å². The average molecular weight is 302 g/mol. The normalized spacial score (nSPS) is 11.4. The molecular formula is C17H20ClN3. The van der Waals surface area contributed by atoms with Crippen molar-refractivity contribution < 1.29 is 0 Å². The van der Waals surface area contributed by atoms with Gasteiger partial charge in [-0.1, -0.05) is 37.3 Å². The summed E-state index contributed by atoms with van der Waals surface area (Å²) in [6, 6.07) is 16.6. The molecule has 110 valence electrons. The van der Waals surface area contributed by atoms with Gasteiger partial charge in [0.25, 0.3) is 0 Å². The third kappa shape index (κ3) is 5.12. The number of fused-ring (bicyclic) bond motifs is 1. The largest absolute Gasteiger partial charge is 0.370 e. The number of alkyl halides is 1. The number of anilines is 1. The summed E-state index contributed by atoms with van der Waals surface area (Å²) in [5.74, 6) is 0.890. The van der Waals surface area contributed by atoms with Crippen molar-refractivity contribution >= 4 is 23.2 Å². The topological polar surface area (TPSA) is 50.4 Å². The molecule has 0 saturated heterocycles. The minimum absolute atomic E-state index is 0.406. The van der Waals surface area contributed by atoms with E-state index in [9.17, 15) is 0 Å². The Morgan fingerprint density at radius 1 is 1.14 bits per heavy atom. The van der Waals surface area contributed by atoms with Crippen molar-refractivity contribution in [2.24, 2.45) is 10.7 Å². The van der Waals surface area contributed by atoms with Crippen LogP contribution in [0.3, 0.4) is 0 Å². The lowest BCUT2D eigenvalue weighted by Gasteiger charge is -2.06. The fraction of sp³-hybridized carbons (Fsp3) is 0.235. The van der Waals surface area contributed by atoms with E-state index in [1.54, 1.807) is 0 Å². The number of aliphatic imine (C=N–C) groups is 1. The molecule has 3 nitrogen and oxygen atoms in total. The Kier molecular flexibility index (Phi) is 5.64. The van der Waals surface area contributed by atoms with Crippen LogP contribution in [0, 0.1) is 0 Å². The molecule has 0 bridgehead atoms. The van der Waals surface area contributed by atoms with Crippen LogP contribution in [0.5, 0.6) is 0 Å². The second-order valence-electron chi connectivity index (χ2n) is 4.72. The number of guanidine groups is 1. The Morgan fingerprint density at radius 2 is 1.86 bits per heavy atom. The van der Waals surface area contributed by atoms with Crippen LogP contribution in [0.25, 0.3) is 11.1 Å². The van der Waals surface area contributed by atoms with Crippen LogP contribution < -0.4 is 11.1 Å². The Morgan fingerprint density at radius 3 is 2.38 bits per heavy atom. The second-order valence-corrected chi connectivity index (χ2v) is 5.09. The van der Waals surface area contributed by atoms with Crippen molar-refractivity contribution in [1.82, 2.24) is 0 Å². The maximum absolute atomic E-state index is 5.66. The van der Waals surface area contributed by atoms with Gasteiger partial charge in [-0.2, -0.15) is 0 Å². The van der Waals surface area contributed by atoms with Gasteiger partial charge in [0.2, 0.25) is 0 Å². The van der Waals surface area contributed by atoms with Gasteiger partial charge < -0.3 is 11.1 Å². The molecule has 0 spiro atoms. The van der Waals surface area contributed by atoms with E-state index >= 15 is 0 Å². The highest BCUT2D eigenvalue weighted by molar-refractivity contribution is 6.18. The van der Waals surface area contributed by atoms with Crippen LogP contribution in [0.2, 0.25) is 0 Å². The molecule has 1 aromatic carbocycles. The van der Waals surface area contributed by atoms with Crippen molar-refractivity contribution in [2.75, 3.05) is 17.7 Å². The number of nitrogens with zero attached hydrogens (tertiary/aromatic N) is 1. The van der Waals surface area contributed by atoms with E-state index in [4.69, 9.17) is 17.3 Å². The molecule has 0 heterocycles. The number of halogens is 1. The number of hydrogen-bond donors (Lipinski definition) is 2. The van der Waals surface area contributed by atoms with Crippen LogP contribution in [-0.2, 0) is 6.42 Å². The smallest absolute Gasteiger partial charge is 0.193 e. The molecule has 2 aliphatic carbocycles. The highest BCUT2D eigenvalue weighted by Crippen LogP contribution is 2.32. The van der Waals surface area contributed by atoms with E-state index in [0.29, 0.717) is 18.4 Å². The zero-order valence-electron chi connectivity index (χ0n) is 12.1. The van der Waals surface area contributed by atoms with Gasteiger partial charge in [-0.3, -0.25) is 4.99 Å². The Labute approximate surface area is 130 Å². The predicted molar refractivity (Wildman–Crippen MR) is 92.1 cm³/mol. The number of hydrogen-bond acceptors (Lipinski definition) is 1. The number of nitrogens with one attached hydrogen (secondary N) is 1. The van der Waals surface area contributed by atoms with E-state index < -0.39 is 0 Å². The minimum Gasteiger partial charge on any atom is -0.370 e. The predicted octanol–water partition coefficient (Wildman–Crippen LogP) is 3.88. The van der Waals surface area contributed by atoms with Gasteiger partial charge in [0, 0.05) is 11.6 Å². The molecule has 0 aromatic heterocycles. The first kappa shape index (κ1) is 15.4. The van der Waals surface area contributed by atoms with Crippen molar-refractivity contribution in [1.29, 1.82) is 0 Å². The van der Waals surface area contributed by atoms with Gasteiger partial charge in [0.1, 0.15) is 0 Å². The SMILES string of the molecule is CCc1cccc(NC(N)=NCCCl)c1.c1cc2cc-2c1. The lowest BCUT2D eigenvalue weighted by atomic mass is 10.1. The van der Waals surface area contributed by atoms with Crippen LogP contribution in [0.15, 0.2) is 53.5 Å². The van der Waals surface area contributed by atoms with E-state index in [1.807, 2.05) is 12.1 Å². The third-order valence-corrected chi connectivity index (χ3v) is 3.26. The molecule has 0 unspecified atom stereocenters. The Hall–Kier alpha value is -2.00. The summed E-state index contributed by atoms with van der Waals surface area (Å²) in [6.07, 6.45) is 1.01. The van der Waals surface area contributed by atoms with Gasteiger partial charge in [-0.15, -0.1) is 11.6 Å². The van der Waals surface area contributed by atoms with Gasteiger partial charge in [0.05, 0.1) is 6.54 Å². The number of rotatable bonds is 4. The molecule has 2 aliphatic rings. The monoisotopic (exact) mass is 301 g/mol. The summed E-state index contributed by atoms with van der Waals surface area (Å²) in [7, 11) is 0. The molecule has 0 fully saturated rings. The lowest BCUT2D eigenvalue weighted by Crippen LogP contribution is -2.23. The molecule has 0 atom stereocenters. The molecule has 1 aromatic rings. The van der Waals surface area contributed by atoms with Crippen molar-refractivity contribution in [3.63, 3.8) is 0 Å². The van der Waals surface area contributed by atoms with Gasteiger partial charge >= 0.3 is 0 Å². The molecule has 3 N–H and O–H groups in total. The van der Waals surface area contributed by atoms with Crippen LogP contribution >= 0.6 is 11.6 Å². The quantitative estimate of drug-likeness (QED) is 0.436. The summed E-state index contributed by atoms with van der Waals surface area (Å²) in [5.41, 5.74) is 10.7. The number of aryl methyl sites for hydroxylation is 1. The summed E-state index contributed by atoms with van der Waals surface area (Å²) in [5, 5.41) is 3.02. The molecule has 21 heavy (non-hydrogen) atoms. The van der Waals surface area contributed by atoms with Crippen molar-refractivity contribution in [3.05, 3.63) is 54.1 Å². The number of benzene rings is 2. The third-order valence-electron chi connectivity index (χ3n) is 3.09. The standard InChI is InChI=1S/C11H16ClN3.C6H4/c1-2-9-4-3-5-10(8-9)15-11(13)14-7-6-12;1-2-5-4-6(5)3-1/h3-5,8H,2,6-7H2,1H3,(H3,13,14,15);1-4H. The fourth-order valence-electron chi connectivity index (χ4n) is 1.89. The highest BCUT2D eigenvalue weighted by atomic mass is 35.5. The molecule has 0 saturated carbocycles. The maximum Gasteiger partial charge on any atom is 0.193 e. The van der Waals surface area contributed by atoms with Gasteiger partial charge in [-0.25, -0.2) is 0 Å². The summed E-state index contributed by atoms with van der Waals surface area (Å²) in [6.45, 7) is 2.65. The van der Waals surface area contributed by atoms with E-state index in [0.717, 1.165) is 12.1 Å². The fourth-order valence-corrected chi connectivity index (χ4v) is 1.98. The van der Waals surface area contributed by atoms with E-state index in [-0.39, 0.29) is 0 Å². The summed E-state index contributed by atoms with van der Waals surface area (Å²) < 4.78 is 0. The highest BCUT2D eigenvalue weighted by Gasteiger charge is 2.06. The number of nitrogens with two attached hydrogens (primary N) is 1. The molecule has 0 amide bonds. The zero-order valence-corrected chi connectivity index (χ0v) is 12.9. The average Bonchev–Trinajstić information content (AvgIpc) is 3.11. The van der Waals surface area contributed by atoms with Crippen molar-refractivity contribution in [2.45, 2.75) is 13.3 Å². The molecule has 0 aliphatic heterocycles. The molecule has 4 heteroatoms. The first-order valence-electron chi connectivity index (χ1n) is 7.05. The molecular weight excluding hydrogens is 282 g/mol. The Bertz CT molecular complexity index is 606. The zero-order chi connectivity index (χ0) is 15.1. The van der Waals surface area contributed by atoms with Crippen LogP contribution in [-0.4, -0.2) is 18.4 Å². The summed E-state index contributed by atoms with van der Waals surface area (Å²) in [4.78, 5) is 4.04. The molecule has 0 radical (unpaired) electrons. The van der Waals surface area contributed by atoms with Crippen LogP contribution in [0.1, 0.15) is 12.5 Å². The first-order chi connectivity index (χ1) is 10.2. The van der Waals surface area contributed by atoms with Gasteiger partial charge in [0.15, 0.2) is 5.96 Å². The minimum atomic E-state index is 0.406. The Balaban J connectivity index is 0.000000218. The first-order valence-corrected chi connectivity index (χ1v) is 7.58.